The fourth-order valence-electron chi connectivity index (χ4n) is 1.62. The molecule has 0 aromatic heterocycles. The maximum atomic E-state index is 12.3. The van der Waals surface area contributed by atoms with Crippen LogP contribution >= 0.6 is 0 Å². The number of sulfonamides is 1. The molecular weight excluding hydrogens is 268 g/mol. The van der Waals surface area contributed by atoms with Crippen LogP contribution in [0.15, 0.2) is 23.1 Å². The quantitative estimate of drug-likeness (QED) is 0.664. The van der Waals surface area contributed by atoms with Crippen LogP contribution < -0.4 is 4.72 Å². The van der Waals surface area contributed by atoms with Gasteiger partial charge >= 0.3 is 0 Å². The highest BCUT2D eigenvalue weighted by Gasteiger charge is 2.31. The average molecular weight is 286 g/mol. The van der Waals surface area contributed by atoms with E-state index in [1.165, 1.54) is 12.1 Å². The van der Waals surface area contributed by atoms with Gasteiger partial charge in [0, 0.05) is 11.6 Å². The van der Waals surface area contributed by atoms with Crippen molar-refractivity contribution >= 4 is 15.7 Å². The fourth-order valence-corrected chi connectivity index (χ4v) is 3.50. The molecule has 1 aromatic carbocycles. The highest BCUT2D eigenvalue weighted by atomic mass is 32.2. The van der Waals surface area contributed by atoms with E-state index < -0.39 is 26.2 Å². The standard InChI is InChI=1S/C12H18N2O4S/c1-5-12(3,4)13-19(17,18)11-9(2)7-6-8-10(11)14(15)16/h6-8,13H,5H2,1-4H3. The van der Waals surface area contributed by atoms with Gasteiger partial charge in [-0.3, -0.25) is 10.1 Å². The monoisotopic (exact) mass is 286 g/mol. The van der Waals surface area contributed by atoms with Crippen molar-refractivity contribution in [3.05, 3.63) is 33.9 Å². The lowest BCUT2D eigenvalue weighted by atomic mass is 10.0. The van der Waals surface area contributed by atoms with Gasteiger partial charge in [0.15, 0.2) is 4.90 Å². The summed E-state index contributed by atoms with van der Waals surface area (Å²) in [6.45, 7) is 6.85. The number of nitro benzene ring substituents is 1. The summed E-state index contributed by atoms with van der Waals surface area (Å²) in [6, 6.07) is 4.21. The maximum absolute atomic E-state index is 12.3. The van der Waals surface area contributed by atoms with Crippen molar-refractivity contribution in [2.75, 3.05) is 0 Å². The van der Waals surface area contributed by atoms with E-state index in [1.807, 2.05) is 6.92 Å². The molecule has 0 radical (unpaired) electrons. The molecule has 0 heterocycles. The van der Waals surface area contributed by atoms with Crippen molar-refractivity contribution in [2.45, 2.75) is 44.6 Å². The molecule has 0 fully saturated rings. The number of nitro groups is 1. The number of rotatable bonds is 5. The predicted molar refractivity (Wildman–Crippen MR) is 72.5 cm³/mol. The van der Waals surface area contributed by atoms with Gasteiger partial charge in [0.1, 0.15) is 0 Å². The van der Waals surface area contributed by atoms with E-state index in [-0.39, 0.29) is 4.90 Å². The lowest BCUT2D eigenvalue weighted by Gasteiger charge is -2.24. The van der Waals surface area contributed by atoms with Crippen molar-refractivity contribution < 1.29 is 13.3 Å². The van der Waals surface area contributed by atoms with Crippen LogP contribution in [0.1, 0.15) is 32.8 Å². The van der Waals surface area contributed by atoms with Crippen LogP contribution in [0.2, 0.25) is 0 Å². The van der Waals surface area contributed by atoms with Gasteiger partial charge in [-0.1, -0.05) is 19.1 Å². The van der Waals surface area contributed by atoms with Crippen molar-refractivity contribution in [1.82, 2.24) is 4.72 Å². The minimum atomic E-state index is -3.93. The molecule has 6 nitrogen and oxygen atoms in total. The smallest absolute Gasteiger partial charge is 0.258 e. The Morgan fingerprint density at radius 3 is 2.42 bits per heavy atom. The molecule has 0 atom stereocenters. The summed E-state index contributed by atoms with van der Waals surface area (Å²) in [4.78, 5) is 10.0. The van der Waals surface area contributed by atoms with E-state index >= 15 is 0 Å². The molecule has 1 N–H and O–H groups in total. The third kappa shape index (κ3) is 3.51. The van der Waals surface area contributed by atoms with Gasteiger partial charge in [-0.25, -0.2) is 13.1 Å². The molecule has 0 unspecified atom stereocenters. The van der Waals surface area contributed by atoms with Crippen LogP contribution in [0.5, 0.6) is 0 Å². The molecule has 106 valence electrons. The molecule has 0 amide bonds. The zero-order valence-electron chi connectivity index (χ0n) is 11.4. The van der Waals surface area contributed by atoms with Crippen molar-refractivity contribution in [2.24, 2.45) is 0 Å². The van der Waals surface area contributed by atoms with Gasteiger partial charge in [0.05, 0.1) is 4.92 Å². The van der Waals surface area contributed by atoms with E-state index in [0.717, 1.165) is 0 Å². The lowest BCUT2D eigenvalue weighted by Crippen LogP contribution is -2.43. The predicted octanol–water partition coefficient (Wildman–Crippen LogP) is 2.37. The summed E-state index contributed by atoms with van der Waals surface area (Å²) >= 11 is 0. The zero-order chi connectivity index (χ0) is 14.8. The van der Waals surface area contributed by atoms with E-state index in [2.05, 4.69) is 4.72 Å². The van der Waals surface area contributed by atoms with Crippen molar-refractivity contribution in [1.29, 1.82) is 0 Å². The highest BCUT2D eigenvalue weighted by molar-refractivity contribution is 7.89. The lowest BCUT2D eigenvalue weighted by molar-refractivity contribution is -0.387. The Balaban J connectivity index is 3.41. The van der Waals surface area contributed by atoms with Crippen LogP contribution in [0.25, 0.3) is 0 Å². The van der Waals surface area contributed by atoms with Gasteiger partial charge in [0.25, 0.3) is 5.69 Å². The van der Waals surface area contributed by atoms with Gasteiger partial charge < -0.3 is 0 Å². The topological polar surface area (TPSA) is 89.3 Å². The second kappa shape index (κ2) is 5.26. The van der Waals surface area contributed by atoms with Gasteiger partial charge in [0.2, 0.25) is 10.0 Å². The van der Waals surface area contributed by atoms with Crippen LogP contribution in [0.4, 0.5) is 5.69 Å². The van der Waals surface area contributed by atoms with Crippen molar-refractivity contribution in [3.8, 4) is 0 Å². The molecule has 7 heteroatoms. The van der Waals surface area contributed by atoms with Crippen LogP contribution in [-0.4, -0.2) is 18.9 Å². The minimum Gasteiger partial charge on any atom is -0.258 e. The van der Waals surface area contributed by atoms with Crippen LogP contribution in [0.3, 0.4) is 0 Å². The second-order valence-electron chi connectivity index (χ2n) is 5.02. The molecule has 0 saturated heterocycles. The number of benzene rings is 1. The number of nitrogens with one attached hydrogen (secondary N) is 1. The van der Waals surface area contributed by atoms with E-state index in [1.54, 1.807) is 26.8 Å². The Labute approximate surface area is 113 Å². The Kier molecular flexibility index (Phi) is 4.32. The van der Waals surface area contributed by atoms with Crippen LogP contribution in [0, 0.1) is 17.0 Å². The highest BCUT2D eigenvalue weighted by Crippen LogP contribution is 2.28. The minimum absolute atomic E-state index is 0.262. The first-order valence-corrected chi connectivity index (χ1v) is 7.37. The summed E-state index contributed by atoms with van der Waals surface area (Å²) in [5.74, 6) is 0. The summed E-state index contributed by atoms with van der Waals surface area (Å²) < 4.78 is 27.2. The molecule has 1 aromatic rings. The third-order valence-electron chi connectivity index (χ3n) is 2.95. The summed E-state index contributed by atoms with van der Waals surface area (Å²) in [6.07, 6.45) is 0.575. The number of aryl methyl sites for hydroxylation is 1. The van der Waals surface area contributed by atoms with Gasteiger partial charge in [-0.2, -0.15) is 0 Å². The Morgan fingerprint density at radius 1 is 1.37 bits per heavy atom. The molecule has 0 aliphatic carbocycles. The molecule has 0 spiro atoms. The summed E-state index contributed by atoms with van der Waals surface area (Å²) in [7, 11) is -3.93. The first-order chi connectivity index (χ1) is 8.60. The molecule has 0 aliphatic heterocycles. The molecule has 1 rings (SSSR count). The zero-order valence-corrected chi connectivity index (χ0v) is 12.2. The first-order valence-electron chi connectivity index (χ1n) is 5.89. The molecule has 0 saturated carbocycles. The normalized spacial score (nSPS) is 12.4. The van der Waals surface area contributed by atoms with Crippen LogP contribution in [-0.2, 0) is 10.0 Å². The fraction of sp³-hybridized carbons (Fsp3) is 0.500. The number of hydrogen-bond donors (Lipinski definition) is 1. The summed E-state index contributed by atoms with van der Waals surface area (Å²) in [5, 5.41) is 11.0. The maximum Gasteiger partial charge on any atom is 0.289 e. The first kappa shape index (κ1) is 15.6. The molecular formula is C12H18N2O4S. The summed E-state index contributed by atoms with van der Waals surface area (Å²) in [5.41, 5.74) is -0.706. The molecule has 0 aliphatic rings. The Hall–Kier alpha value is -1.47. The van der Waals surface area contributed by atoms with E-state index in [4.69, 9.17) is 0 Å². The Morgan fingerprint density at radius 2 is 1.95 bits per heavy atom. The van der Waals surface area contributed by atoms with Gasteiger partial charge in [-0.05, 0) is 32.8 Å². The number of nitrogens with zero attached hydrogens (tertiary/aromatic N) is 1. The SMILES string of the molecule is CCC(C)(C)NS(=O)(=O)c1c(C)cccc1[N+](=O)[O-]. The Bertz CT molecular complexity index is 594. The number of hydrogen-bond acceptors (Lipinski definition) is 4. The average Bonchev–Trinajstić information content (AvgIpc) is 2.26. The second-order valence-corrected chi connectivity index (χ2v) is 6.64. The largest absolute Gasteiger partial charge is 0.289 e. The van der Waals surface area contributed by atoms with Gasteiger partial charge in [-0.15, -0.1) is 0 Å². The van der Waals surface area contributed by atoms with E-state index in [9.17, 15) is 18.5 Å². The third-order valence-corrected chi connectivity index (χ3v) is 4.84. The molecule has 0 bridgehead atoms. The van der Waals surface area contributed by atoms with Crippen molar-refractivity contribution in [3.63, 3.8) is 0 Å². The molecule has 19 heavy (non-hydrogen) atoms. The van der Waals surface area contributed by atoms with E-state index in [0.29, 0.717) is 12.0 Å².